The van der Waals surface area contributed by atoms with E-state index in [1.165, 1.54) is 17.9 Å². The Hall–Kier alpha value is -1.57. The van der Waals surface area contributed by atoms with E-state index in [0.29, 0.717) is 12.9 Å². The van der Waals surface area contributed by atoms with Gasteiger partial charge in [0.1, 0.15) is 6.29 Å². The van der Waals surface area contributed by atoms with Gasteiger partial charge >= 0.3 is 0 Å². The molecule has 2 nitrogen and oxygen atoms in total. The molecule has 0 saturated carbocycles. The second kappa shape index (κ2) is 6.89. The molecule has 0 saturated heterocycles. The van der Waals surface area contributed by atoms with Crippen LogP contribution < -0.4 is 0 Å². The third-order valence-corrected chi connectivity index (χ3v) is 1.82. The van der Waals surface area contributed by atoms with Gasteiger partial charge in [0.2, 0.25) is 0 Å². The highest BCUT2D eigenvalue weighted by molar-refractivity contribution is 5.64. The van der Waals surface area contributed by atoms with Gasteiger partial charge in [-0.25, -0.2) is 0 Å². The Kier molecular flexibility index (Phi) is 5.18. The van der Waals surface area contributed by atoms with E-state index in [2.05, 4.69) is 12.1 Å². The molecule has 0 aromatic heterocycles. The van der Waals surface area contributed by atoms with Gasteiger partial charge in [0.05, 0.1) is 12.9 Å². The van der Waals surface area contributed by atoms with Crippen molar-refractivity contribution in [2.75, 3.05) is 6.61 Å². The van der Waals surface area contributed by atoms with Crippen molar-refractivity contribution in [3.63, 3.8) is 0 Å². The van der Waals surface area contributed by atoms with Crippen molar-refractivity contribution < 1.29 is 9.53 Å². The number of hydrogen-bond acceptors (Lipinski definition) is 2. The third-order valence-electron chi connectivity index (χ3n) is 1.82. The molecule has 0 fully saturated rings. The molecule has 0 aliphatic heterocycles. The van der Waals surface area contributed by atoms with Gasteiger partial charge in [-0.2, -0.15) is 0 Å². The van der Waals surface area contributed by atoms with Crippen molar-refractivity contribution in [1.82, 2.24) is 0 Å². The molecule has 0 radical (unpaired) electrons. The van der Waals surface area contributed by atoms with Crippen LogP contribution >= 0.6 is 0 Å². The molecule has 0 N–H and O–H groups in total. The standard InChI is InChI=1S/C12H14O2/c13-9-5-11-14-10-4-8-12-6-2-1-3-7-12/h1-3,5-7,9,11H,4,8,10H2/b11-5-. The molecule has 0 unspecified atom stereocenters. The third kappa shape index (κ3) is 4.45. The summed E-state index contributed by atoms with van der Waals surface area (Å²) in [6, 6.07) is 10.3. The lowest BCUT2D eigenvalue weighted by atomic mass is 10.1. The first kappa shape index (κ1) is 10.5. The minimum Gasteiger partial charge on any atom is -0.501 e. The fourth-order valence-corrected chi connectivity index (χ4v) is 1.16. The molecule has 0 aliphatic carbocycles. The molecule has 1 aromatic rings. The van der Waals surface area contributed by atoms with E-state index >= 15 is 0 Å². The lowest BCUT2D eigenvalue weighted by molar-refractivity contribution is -0.104. The van der Waals surface area contributed by atoms with E-state index in [1.54, 1.807) is 0 Å². The van der Waals surface area contributed by atoms with Crippen molar-refractivity contribution >= 4 is 6.29 Å². The fourth-order valence-electron chi connectivity index (χ4n) is 1.16. The number of allylic oxidation sites excluding steroid dienone is 1. The van der Waals surface area contributed by atoms with Crippen LogP contribution in [0.3, 0.4) is 0 Å². The van der Waals surface area contributed by atoms with E-state index in [4.69, 9.17) is 4.74 Å². The van der Waals surface area contributed by atoms with Gasteiger partial charge in [-0.1, -0.05) is 30.3 Å². The summed E-state index contributed by atoms with van der Waals surface area (Å²) < 4.78 is 5.08. The molecular formula is C12H14O2. The number of benzene rings is 1. The number of ether oxygens (including phenoxy) is 1. The summed E-state index contributed by atoms with van der Waals surface area (Å²) in [6.07, 6.45) is 5.46. The first-order chi connectivity index (χ1) is 6.93. The van der Waals surface area contributed by atoms with Gasteiger partial charge in [-0.3, -0.25) is 4.79 Å². The Labute approximate surface area is 84.2 Å². The van der Waals surface area contributed by atoms with E-state index in [9.17, 15) is 4.79 Å². The average molecular weight is 190 g/mol. The predicted molar refractivity (Wildman–Crippen MR) is 55.9 cm³/mol. The summed E-state index contributed by atoms with van der Waals surface area (Å²) >= 11 is 0. The van der Waals surface area contributed by atoms with Gasteiger partial charge in [-0.05, 0) is 18.4 Å². The maximum Gasteiger partial charge on any atom is 0.145 e. The van der Waals surface area contributed by atoms with E-state index in [0.717, 1.165) is 12.8 Å². The fraction of sp³-hybridized carbons (Fsp3) is 0.250. The molecule has 0 bridgehead atoms. The Balaban J connectivity index is 2.10. The molecule has 1 aromatic carbocycles. The molecule has 0 atom stereocenters. The number of hydrogen-bond donors (Lipinski definition) is 0. The first-order valence-electron chi connectivity index (χ1n) is 4.69. The van der Waals surface area contributed by atoms with Crippen LogP contribution in [-0.4, -0.2) is 12.9 Å². The smallest absolute Gasteiger partial charge is 0.145 e. The van der Waals surface area contributed by atoms with Crippen LogP contribution in [0.15, 0.2) is 42.7 Å². The van der Waals surface area contributed by atoms with Crippen LogP contribution in [0.4, 0.5) is 0 Å². The molecular weight excluding hydrogens is 176 g/mol. The SMILES string of the molecule is O=C/C=C\OCCCc1ccccc1. The molecule has 1 rings (SSSR count). The maximum absolute atomic E-state index is 9.89. The lowest BCUT2D eigenvalue weighted by Gasteiger charge is -2.00. The summed E-state index contributed by atoms with van der Waals surface area (Å²) in [5.74, 6) is 0. The minimum absolute atomic E-state index is 0.652. The van der Waals surface area contributed by atoms with Gasteiger partial charge in [0, 0.05) is 6.08 Å². The van der Waals surface area contributed by atoms with Crippen LogP contribution in [0.1, 0.15) is 12.0 Å². The zero-order valence-electron chi connectivity index (χ0n) is 8.06. The van der Waals surface area contributed by atoms with Crippen molar-refractivity contribution in [2.45, 2.75) is 12.8 Å². The predicted octanol–water partition coefficient (Wildman–Crippen LogP) is 2.35. The molecule has 0 spiro atoms. The summed E-state index contributed by atoms with van der Waals surface area (Å²) in [4.78, 5) is 9.89. The van der Waals surface area contributed by atoms with Crippen LogP contribution in [-0.2, 0) is 16.0 Å². The Morgan fingerprint density at radius 3 is 2.71 bits per heavy atom. The summed E-state index contributed by atoms with van der Waals surface area (Å²) in [6.45, 7) is 0.652. The van der Waals surface area contributed by atoms with Gasteiger partial charge in [-0.15, -0.1) is 0 Å². The van der Waals surface area contributed by atoms with E-state index in [-0.39, 0.29) is 0 Å². The number of aldehydes is 1. The molecule has 14 heavy (non-hydrogen) atoms. The van der Waals surface area contributed by atoms with Crippen LogP contribution in [0.25, 0.3) is 0 Å². The Bertz CT molecular complexity index is 278. The molecule has 2 heteroatoms. The van der Waals surface area contributed by atoms with Crippen molar-refractivity contribution in [3.8, 4) is 0 Å². The number of rotatable bonds is 6. The number of carbonyl (C=O) groups is 1. The monoisotopic (exact) mass is 190 g/mol. The highest BCUT2D eigenvalue weighted by atomic mass is 16.5. The highest BCUT2D eigenvalue weighted by Gasteiger charge is 1.90. The van der Waals surface area contributed by atoms with Crippen molar-refractivity contribution in [1.29, 1.82) is 0 Å². The second-order valence-corrected chi connectivity index (χ2v) is 2.92. The van der Waals surface area contributed by atoms with E-state index < -0.39 is 0 Å². The van der Waals surface area contributed by atoms with Gasteiger partial charge in [0.15, 0.2) is 0 Å². The van der Waals surface area contributed by atoms with Crippen LogP contribution in [0.5, 0.6) is 0 Å². The molecule has 0 aliphatic rings. The molecule has 74 valence electrons. The zero-order chi connectivity index (χ0) is 10.1. The largest absolute Gasteiger partial charge is 0.501 e. The second-order valence-electron chi connectivity index (χ2n) is 2.92. The molecule has 0 amide bonds. The molecule has 0 heterocycles. The maximum atomic E-state index is 9.89. The van der Waals surface area contributed by atoms with E-state index in [1.807, 2.05) is 18.2 Å². The quantitative estimate of drug-likeness (QED) is 0.298. The van der Waals surface area contributed by atoms with Crippen LogP contribution in [0.2, 0.25) is 0 Å². The number of carbonyl (C=O) groups excluding carboxylic acids is 1. The van der Waals surface area contributed by atoms with Crippen molar-refractivity contribution in [2.24, 2.45) is 0 Å². The topological polar surface area (TPSA) is 26.3 Å². The Morgan fingerprint density at radius 1 is 1.21 bits per heavy atom. The lowest BCUT2D eigenvalue weighted by Crippen LogP contribution is -1.91. The van der Waals surface area contributed by atoms with Gasteiger partial charge in [0.25, 0.3) is 0 Å². The van der Waals surface area contributed by atoms with Crippen molar-refractivity contribution in [3.05, 3.63) is 48.2 Å². The zero-order valence-corrected chi connectivity index (χ0v) is 8.06. The summed E-state index contributed by atoms with van der Waals surface area (Å²) in [5, 5.41) is 0. The van der Waals surface area contributed by atoms with Crippen LogP contribution in [0, 0.1) is 0 Å². The summed E-state index contributed by atoms with van der Waals surface area (Å²) in [5.41, 5.74) is 1.32. The average Bonchev–Trinajstić information content (AvgIpc) is 2.25. The first-order valence-corrected chi connectivity index (χ1v) is 4.69. The normalized spacial score (nSPS) is 10.3. The minimum atomic E-state index is 0.652. The Morgan fingerprint density at radius 2 is 2.00 bits per heavy atom. The van der Waals surface area contributed by atoms with Gasteiger partial charge < -0.3 is 4.74 Å². The number of aryl methyl sites for hydroxylation is 1. The summed E-state index contributed by atoms with van der Waals surface area (Å²) in [7, 11) is 0. The highest BCUT2D eigenvalue weighted by Crippen LogP contribution is 2.02.